The number of hydrogen-bond acceptors (Lipinski definition) is 6. The molecule has 1 heterocycles. The van der Waals surface area contributed by atoms with E-state index >= 15 is 0 Å². The first kappa shape index (κ1) is 27.2. The van der Waals surface area contributed by atoms with E-state index in [9.17, 15) is 19.7 Å². The second-order valence-electron chi connectivity index (χ2n) is 7.50. The molecule has 184 valence electrons. The van der Waals surface area contributed by atoms with Gasteiger partial charge in [-0.05, 0) is 98.4 Å². The maximum atomic E-state index is 13.0. The van der Waals surface area contributed by atoms with Gasteiger partial charge in [0.05, 0.1) is 33.6 Å². The highest BCUT2D eigenvalue weighted by Gasteiger charge is 2.36. The lowest BCUT2D eigenvalue weighted by molar-refractivity contribution is -0.385. The van der Waals surface area contributed by atoms with Crippen LogP contribution in [-0.2, 0) is 17.9 Å². The summed E-state index contributed by atoms with van der Waals surface area (Å²) >= 11 is 17.2. The van der Waals surface area contributed by atoms with Gasteiger partial charge >= 0.3 is 0 Å². The van der Waals surface area contributed by atoms with Gasteiger partial charge in [-0.25, -0.2) is 0 Å². The molecular weight excluding hydrogens is 753 g/mol. The number of imide groups is 1. The van der Waals surface area contributed by atoms with Gasteiger partial charge in [0.25, 0.3) is 16.8 Å². The Bertz CT molecular complexity index is 1410. The number of para-hydroxylation sites is 1. The van der Waals surface area contributed by atoms with Gasteiger partial charge < -0.3 is 4.74 Å². The standard InChI is InChI=1S/C24H14Cl2I2N2O5S/c25-16-6-5-13(7-17(16)26)12-35-22-18(27)8-14(9-19(22)28)10-21-23(31)29(24(32)36-21)11-15-3-1-2-4-20(15)30(33)34/h1-10H,11-12H2/b21-10+. The second-order valence-corrected chi connectivity index (χ2v) is 11.6. The summed E-state index contributed by atoms with van der Waals surface area (Å²) in [4.78, 5) is 37.5. The van der Waals surface area contributed by atoms with Crippen LogP contribution in [0.2, 0.25) is 10.0 Å². The average Bonchev–Trinajstić information content (AvgIpc) is 3.08. The van der Waals surface area contributed by atoms with Crippen molar-refractivity contribution in [2.24, 2.45) is 0 Å². The zero-order valence-electron chi connectivity index (χ0n) is 18.0. The highest BCUT2D eigenvalue weighted by molar-refractivity contribution is 14.1. The molecule has 0 N–H and O–H groups in total. The lowest BCUT2D eigenvalue weighted by Crippen LogP contribution is -2.27. The van der Waals surface area contributed by atoms with Crippen molar-refractivity contribution in [3.05, 3.63) is 103 Å². The molecule has 2 amide bonds. The van der Waals surface area contributed by atoms with E-state index in [1.165, 1.54) is 18.2 Å². The van der Waals surface area contributed by atoms with E-state index < -0.39 is 16.1 Å². The molecule has 0 saturated carbocycles. The van der Waals surface area contributed by atoms with Crippen LogP contribution in [0.3, 0.4) is 0 Å². The summed E-state index contributed by atoms with van der Waals surface area (Å²) in [5, 5.41) is 11.7. The molecule has 1 aliphatic heterocycles. The maximum absolute atomic E-state index is 13.0. The van der Waals surface area contributed by atoms with Crippen molar-refractivity contribution in [2.75, 3.05) is 0 Å². The van der Waals surface area contributed by atoms with Crippen LogP contribution in [0.4, 0.5) is 10.5 Å². The normalized spacial score (nSPS) is 14.6. The van der Waals surface area contributed by atoms with Crippen molar-refractivity contribution in [1.82, 2.24) is 4.90 Å². The molecule has 7 nitrogen and oxygen atoms in total. The van der Waals surface area contributed by atoms with Gasteiger partial charge in [0.2, 0.25) is 0 Å². The Morgan fingerprint density at radius 1 is 1.03 bits per heavy atom. The number of benzene rings is 3. The first-order chi connectivity index (χ1) is 17.1. The number of halogens is 4. The summed E-state index contributed by atoms with van der Waals surface area (Å²) in [7, 11) is 0. The Morgan fingerprint density at radius 2 is 1.72 bits per heavy atom. The molecule has 1 aliphatic rings. The number of nitro groups is 1. The molecule has 1 saturated heterocycles. The highest BCUT2D eigenvalue weighted by atomic mass is 127. The number of rotatable bonds is 7. The Morgan fingerprint density at radius 3 is 2.39 bits per heavy atom. The third-order valence-electron chi connectivity index (χ3n) is 5.08. The van der Waals surface area contributed by atoms with E-state index in [1.807, 2.05) is 18.2 Å². The van der Waals surface area contributed by atoms with Gasteiger partial charge in [-0.1, -0.05) is 47.5 Å². The summed E-state index contributed by atoms with van der Waals surface area (Å²) in [6.07, 6.45) is 1.64. The molecule has 0 atom stereocenters. The van der Waals surface area contributed by atoms with E-state index in [0.29, 0.717) is 28.0 Å². The van der Waals surface area contributed by atoms with Crippen molar-refractivity contribution in [1.29, 1.82) is 0 Å². The molecule has 12 heteroatoms. The fraction of sp³-hybridized carbons (Fsp3) is 0.0833. The molecule has 0 aliphatic carbocycles. The zero-order valence-corrected chi connectivity index (χ0v) is 24.7. The predicted octanol–water partition coefficient (Wildman–Crippen LogP) is 7.93. The van der Waals surface area contributed by atoms with Gasteiger partial charge in [-0.3, -0.25) is 24.6 Å². The van der Waals surface area contributed by atoms with Crippen molar-refractivity contribution in [2.45, 2.75) is 13.2 Å². The average molecular weight is 767 g/mol. The van der Waals surface area contributed by atoms with E-state index in [2.05, 4.69) is 45.2 Å². The van der Waals surface area contributed by atoms with Gasteiger partial charge in [0, 0.05) is 11.6 Å². The summed E-state index contributed by atoms with van der Waals surface area (Å²) in [6, 6.07) is 15.0. The van der Waals surface area contributed by atoms with Crippen molar-refractivity contribution < 1.29 is 19.2 Å². The number of nitrogens with zero attached hydrogens (tertiary/aromatic N) is 2. The molecule has 0 radical (unpaired) electrons. The molecule has 0 bridgehead atoms. The van der Waals surface area contributed by atoms with Crippen LogP contribution in [0.1, 0.15) is 16.7 Å². The predicted molar refractivity (Wildman–Crippen MR) is 157 cm³/mol. The summed E-state index contributed by atoms with van der Waals surface area (Å²) in [5.74, 6) is 0.192. The van der Waals surface area contributed by atoms with Crippen LogP contribution in [0.25, 0.3) is 6.08 Å². The number of hydrogen-bond donors (Lipinski definition) is 0. The van der Waals surface area contributed by atoms with E-state index in [0.717, 1.165) is 34.9 Å². The molecule has 3 aromatic rings. The van der Waals surface area contributed by atoms with Gasteiger partial charge in [-0.2, -0.15) is 0 Å². The lowest BCUT2D eigenvalue weighted by Gasteiger charge is -2.13. The Hall–Kier alpha value is -1.87. The minimum atomic E-state index is -0.528. The first-order valence-electron chi connectivity index (χ1n) is 10.2. The van der Waals surface area contributed by atoms with Crippen LogP contribution in [0, 0.1) is 17.3 Å². The third-order valence-corrected chi connectivity index (χ3v) is 8.32. The fourth-order valence-corrected chi connectivity index (χ4v) is 6.65. The number of ether oxygens (including phenoxy) is 1. The third kappa shape index (κ3) is 6.15. The zero-order chi connectivity index (χ0) is 26.0. The minimum Gasteiger partial charge on any atom is -0.487 e. The maximum Gasteiger partial charge on any atom is 0.293 e. The number of thioether (sulfide) groups is 1. The number of carbonyl (C=O) groups is 2. The van der Waals surface area contributed by atoms with Crippen molar-refractivity contribution in [3.63, 3.8) is 0 Å². The summed E-state index contributed by atoms with van der Waals surface area (Å²) < 4.78 is 7.65. The first-order valence-corrected chi connectivity index (χ1v) is 13.9. The summed E-state index contributed by atoms with van der Waals surface area (Å²) in [6.45, 7) is 0.127. The van der Waals surface area contributed by atoms with Crippen molar-refractivity contribution in [3.8, 4) is 5.75 Å². The SMILES string of the molecule is O=C1S/C(=C/c2cc(I)c(OCc3ccc(Cl)c(Cl)c3)c(I)c2)C(=O)N1Cc1ccccc1[N+](=O)[O-]. The molecule has 36 heavy (non-hydrogen) atoms. The quantitative estimate of drug-likeness (QED) is 0.105. The topological polar surface area (TPSA) is 89.8 Å². The van der Waals surface area contributed by atoms with Crippen molar-refractivity contribution >= 4 is 103 Å². The van der Waals surface area contributed by atoms with Crippen LogP contribution in [-0.4, -0.2) is 21.0 Å². The molecule has 1 fully saturated rings. The van der Waals surface area contributed by atoms with Crippen LogP contribution in [0.15, 0.2) is 59.5 Å². The molecule has 0 aromatic heterocycles. The second kappa shape index (κ2) is 11.7. The van der Waals surface area contributed by atoms with Crippen LogP contribution in [0.5, 0.6) is 5.75 Å². The number of nitro benzene ring substituents is 1. The van der Waals surface area contributed by atoms with E-state index in [1.54, 1.807) is 24.3 Å². The van der Waals surface area contributed by atoms with Crippen LogP contribution < -0.4 is 4.74 Å². The number of amides is 2. The van der Waals surface area contributed by atoms with E-state index in [-0.39, 0.29) is 17.1 Å². The Kier molecular flexibility index (Phi) is 8.81. The Balaban J connectivity index is 1.51. The van der Waals surface area contributed by atoms with Gasteiger partial charge in [0.15, 0.2) is 0 Å². The molecule has 4 rings (SSSR count). The molecule has 0 unspecified atom stereocenters. The molecule has 0 spiro atoms. The van der Waals surface area contributed by atoms with Crippen LogP contribution >= 0.6 is 80.1 Å². The van der Waals surface area contributed by atoms with Gasteiger partial charge in [0.1, 0.15) is 12.4 Å². The lowest BCUT2D eigenvalue weighted by atomic mass is 10.1. The number of carbonyl (C=O) groups excluding carboxylic acids is 2. The largest absolute Gasteiger partial charge is 0.487 e. The monoisotopic (exact) mass is 766 g/mol. The molecular formula is C24H14Cl2I2N2O5S. The van der Waals surface area contributed by atoms with E-state index in [4.69, 9.17) is 27.9 Å². The Labute approximate surface area is 247 Å². The highest BCUT2D eigenvalue weighted by Crippen LogP contribution is 2.36. The fourth-order valence-electron chi connectivity index (χ4n) is 3.37. The summed E-state index contributed by atoms with van der Waals surface area (Å²) in [5.41, 5.74) is 1.74. The van der Waals surface area contributed by atoms with Gasteiger partial charge in [-0.15, -0.1) is 0 Å². The minimum absolute atomic E-state index is 0.138. The smallest absolute Gasteiger partial charge is 0.293 e. The molecule has 3 aromatic carbocycles.